The monoisotopic (exact) mass is 353 g/mol. The van der Waals surface area contributed by atoms with E-state index in [1.165, 1.54) is 0 Å². The summed E-state index contributed by atoms with van der Waals surface area (Å²) >= 11 is 0. The van der Waals surface area contributed by atoms with Crippen molar-refractivity contribution in [3.05, 3.63) is 48.5 Å². The first-order valence-electron chi connectivity index (χ1n) is 8.03. The number of rotatable bonds is 7. The maximum atomic E-state index is 12.1. The summed E-state index contributed by atoms with van der Waals surface area (Å²) < 4.78 is 5.19. The van der Waals surface area contributed by atoms with Crippen LogP contribution in [0.2, 0.25) is 0 Å². The van der Waals surface area contributed by atoms with Crippen LogP contribution in [-0.2, 0) is 0 Å². The van der Waals surface area contributed by atoms with Crippen LogP contribution in [0.3, 0.4) is 0 Å². The van der Waals surface area contributed by atoms with Gasteiger partial charge in [-0.3, -0.25) is 9.78 Å². The van der Waals surface area contributed by atoms with Crippen LogP contribution in [-0.4, -0.2) is 53.4 Å². The standard InChI is InChI=1S/C17H19N7O2/c1-24(2)13-8-16(22-21-11-13)19-6-7-20-17(25)14-9-15(26-23-14)12-4-3-5-18-10-12/h3-5,8-11H,6-7H2,1-2H3,(H,19,22)(H,20,25). The second-order valence-corrected chi connectivity index (χ2v) is 5.69. The van der Waals surface area contributed by atoms with Crippen LogP contribution in [0.15, 0.2) is 47.4 Å². The molecule has 3 heterocycles. The van der Waals surface area contributed by atoms with Crippen molar-refractivity contribution >= 4 is 17.4 Å². The largest absolute Gasteiger partial charge is 0.376 e. The van der Waals surface area contributed by atoms with Gasteiger partial charge in [0.1, 0.15) is 0 Å². The fourth-order valence-electron chi connectivity index (χ4n) is 2.17. The molecule has 134 valence electrons. The minimum atomic E-state index is -0.307. The molecule has 0 saturated heterocycles. The molecule has 0 bridgehead atoms. The summed E-state index contributed by atoms with van der Waals surface area (Å²) in [6, 6.07) is 7.10. The van der Waals surface area contributed by atoms with E-state index in [9.17, 15) is 4.79 Å². The van der Waals surface area contributed by atoms with E-state index in [-0.39, 0.29) is 11.6 Å². The molecule has 2 N–H and O–H groups in total. The molecule has 3 rings (SSSR count). The minimum Gasteiger partial charge on any atom is -0.376 e. The highest BCUT2D eigenvalue weighted by Crippen LogP contribution is 2.18. The van der Waals surface area contributed by atoms with Crippen molar-refractivity contribution in [3.8, 4) is 11.3 Å². The Bertz CT molecular complexity index is 864. The topological polar surface area (TPSA) is 109 Å². The Kier molecular flexibility index (Phi) is 5.37. The van der Waals surface area contributed by atoms with Gasteiger partial charge in [0.15, 0.2) is 17.3 Å². The van der Waals surface area contributed by atoms with Gasteiger partial charge in [0.25, 0.3) is 5.91 Å². The van der Waals surface area contributed by atoms with Gasteiger partial charge in [-0.05, 0) is 12.1 Å². The Labute approximate surface area is 150 Å². The smallest absolute Gasteiger partial charge is 0.273 e. The predicted octanol–water partition coefficient (Wildman–Crippen LogP) is 1.43. The normalized spacial score (nSPS) is 10.4. The van der Waals surface area contributed by atoms with Crippen LogP contribution >= 0.6 is 0 Å². The van der Waals surface area contributed by atoms with Gasteiger partial charge in [0, 0.05) is 57.3 Å². The Morgan fingerprint density at radius 1 is 1.23 bits per heavy atom. The number of hydrogen-bond donors (Lipinski definition) is 2. The Balaban J connectivity index is 1.49. The van der Waals surface area contributed by atoms with Crippen LogP contribution in [0, 0.1) is 0 Å². The number of amides is 1. The third kappa shape index (κ3) is 4.32. The second kappa shape index (κ2) is 8.06. The highest BCUT2D eigenvalue weighted by molar-refractivity contribution is 5.93. The lowest BCUT2D eigenvalue weighted by Crippen LogP contribution is -2.29. The molecular weight excluding hydrogens is 334 g/mol. The van der Waals surface area contributed by atoms with Gasteiger partial charge < -0.3 is 20.1 Å². The molecule has 0 fully saturated rings. The molecule has 0 radical (unpaired) electrons. The Morgan fingerprint density at radius 3 is 2.88 bits per heavy atom. The maximum absolute atomic E-state index is 12.1. The molecule has 0 aliphatic carbocycles. The number of hydrogen-bond acceptors (Lipinski definition) is 8. The number of aromatic nitrogens is 4. The van der Waals surface area contributed by atoms with E-state index >= 15 is 0 Å². The van der Waals surface area contributed by atoms with Crippen molar-refractivity contribution in [2.75, 3.05) is 37.4 Å². The van der Waals surface area contributed by atoms with E-state index in [4.69, 9.17) is 4.52 Å². The number of nitrogens with zero attached hydrogens (tertiary/aromatic N) is 5. The van der Waals surface area contributed by atoms with Gasteiger partial charge >= 0.3 is 0 Å². The van der Waals surface area contributed by atoms with Crippen molar-refractivity contribution in [1.82, 2.24) is 25.7 Å². The number of carbonyl (C=O) groups is 1. The molecule has 9 nitrogen and oxygen atoms in total. The highest BCUT2D eigenvalue weighted by Gasteiger charge is 2.13. The minimum absolute atomic E-state index is 0.221. The van der Waals surface area contributed by atoms with Gasteiger partial charge in [-0.2, -0.15) is 5.10 Å². The van der Waals surface area contributed by atoms with Crippen LogP contribution in [0.5, 0.6) is 0 Å². The Morgan fingerprint density at radius 2 is 2.12 bits per heavy atom. The number of pyridine rings is 1. The molecule has 0 aromatic carbocycles. The fraction of sp³-hybridized carbons (Fsp3) is 0.235. The van der Waals surface area contributed by atoms with E-state index in [1.54, 1.807) is 30.7 Å². The Hall–Kier alpha value is -3.49. The van der Waals surface area contributed by atoms with E-state index in [1.807, 2.05) is 31.1 Å². The van der Waals surface area contributed by atoms with Gasteiger partial charge in [-0.25, -0.2) is 0 Å². The molecule has 3 aromatic rings. The van der Waals surface area contributed by atoms with Gasteiger partial charge in [-0.15, -0.1) is 5.10 Å². The van der Waals surface area contributed by atoms with Crippen molar-refractivity contribution in [3.63, 3.8) is 0 Å². The van der Waals surface area contributed by atoms with E-state index in [0.29, 0.717) is 24.7 Å². The summed E-state index contributed by atoms with van der Waals surface area (Å²) in [5.74, 6) is 0.835. The van der Waals surface area contributed by atoms with Crippen LogP contribution in [0.25, 0.3) is 11.3 Å². The maximum Gasteiger partial charge on any atom is 0.273 e. The van der Waals surface area contributed by atoms with Crippen LogP contribution < -0.4 is 15.5 Å². The molecule has 3 aromatic heterocycles. The quantitative estimate of drug-likeness (QED) is 0.614. The molecule has 26 heavy (non-hydrogen) atoms. The first-order chi connectivity index (χ1) is 12.6. The summed E-state index contributed by atoms with van der Waals surface area (Å²) in [4.78, 5) is 18.1. The van der Waals surface area contributed by atoms with Gasteiger partial charge in [0.2, 0.25) is 0 Å². The average molecular weight is 353 g/mol. The van der Waals surface area contributed by atoms with E-state index in [2.05, 4.69) is 31.0 Å². The van der Waals surface area contributed by atoms with Crippen molar-refractivity contribution < 1.29 is 9.32 Å². The van der Waals surface area contributed by atoms with Crippen molar-refractivity contribution in [1.29, 1.82) is 0 Å². The van der Waals surface area contributed by atoms with Crippen molar-refractivity contribution in [2.45, 2.75) is 0 Å². The summed E-state index contributed by atoms with van der Waals surface area (Å²) in [5, 5.41) is 17.6. The second-order valence-electron chi connectivity index (χ2n) is 5.69. The summed E-state index contributed by atoms with van der Waals surface area (Å²) in [7, 11) is 3.86. The first kappa shape index (κ1) is 17.3. The summed E-state index contributed by atoms with van der Waals surface area (Å²) in [6.45, 7) is 0.909. The lowest BCUT2D eigenvalue weighted by molar-refractivity contribution is 0.0946. The predicted molar refractivity (Wildman–Crippen MR) is 96.9 cm³/mol. The summed E-state index contributed by atoms with van der Waals surface area (Å²) in [5.41, 5.74) is 1.93. The van der Waals surface area contributed by atoms with Crippen molar-refractivity contribution in [2.24, 2.45) is 0 Å². The molecule has 0 aliphatic heterocycles. The third-order valence-electron chi connectivity index (χ3n) is 3.56. The number of carbonyl (C=O) groups excluding carboxylic acids is 1. The first-order valence-corrected chi connectivity index (χ1v) is 8.03. The highest BCUT2D eigenvalue weighted by atomic mass is 16.5. The van der Waals surface area contributed by atoms with E-state index in [0.717, 1.165) is 11.3 Å². The molecular formula is C17H19N7O2. The molecule has 0 saturated carbocycles. The van der Waals surface area contributed by atoms with Crippen LogP contribution in [0.1, 0.15) is 10.5 Å². The molecule has 0 aliphatic rings. The molecule has 0 atom stereocenters. The number of nitrogens with one attached hydrogen (secondary N) is 2. The SMILES string of the molecule is CN(C)c1cnnc(NCCNC(=O)c2cc(-c3cccnc3)on2)c1. The average Bonchev–Trinajstić information content (AvgIpc) is 3.16. The summed E-state index contributed by atoms with van der Waals surface area (Å²) in [6.07, 6.45) is 4.99. The molecule has 0 unspecified atom stereocenters. The van der Waals surface area contributed by atoms with Crippen LogP contribution in [0.4, 0.5) is 11.5 Å². The zero-order valence-electron chi connectivity index (χ0n) is 14.5. The van der Waals surface area contributed by atoms with Gasteiger partial charge in [0.05, 0.1) is 11.9 Å². The van der Waals surface area contributed by atoms with Gasteiger partial charge in [-0.1, -0.05) is 5.16 Å². The molecule has 1 amide bonds. The molecule has 0 spiro atoms. The fourth-order valence-corrected chi connectivity index (χ4v) is 2.17. The zero-order valence-corrected chi connectivity index (χ0v) is 14.5. The lowest BCUT2D eigenvalue weighted by atomic mass is 10.2. The van der Waals surface area contributed by atoms with E-state index < -0.39 is 0 Å². The third-order valence-corrected chi connectivity index (χ3v) is 3.56. The lowest BCUT2D eigenvalue weighted by Gasteiger charge is -2.12. The number of anilines is 2. The zero-order chi connectivity index (χ0) is 18.4. The molecule has 9 heteroatoms.